The molecule has 0 atom stereocenters. The van der Waals surface area contributed by atoms with Crippen molar-refractivity contribution in [3.8, 4) is 10.7 Å². The van der Waals surface area contributed by atoms with Crippen LogP contribution in [0.25, 0.3) is 10.7 Å². The van der Waals surface area contributed by atoms with Gasteiger partial charge >= 0.3 is 0 Å². The van der Waals surface area contributed by atoms with Crippen LogP contribution in [-0.2, 0) is 0 Å². The lowest BCUT2D eigenvalue weighted by Crippen LogP contribution is -1.80. The fourth-order valence-electron chi connectivity index (χ4n) is 0.872. The van der Waals surface area contributed by atoms with E-state index in [2.05, 4.69) is 25.9 Å². The molecular weight excluding hydrogens is 236 g/mol. The fraction of sp³-hybridized carbons (Fsp3) is 0. The van der Waals surface area contributed by atoms with Gasteiger partial charge in [0.15, 0.2) is 0 Å². The molecule has 2 heterocycles. The maximum atomic E-state index is 4.20. The van der Waals surface area contributed by atoms with E-state index in [1.165, 1.54) is 0 Å². The molecule has 0 N–H and O–H groups in total. The summed E-state index contributed by atoms with van der Waals surface area (Å²) in [5.41, 5.74) is 0.916. The Labute approximate surface area is 82.4 Å². The minimum atomic E-state index is 0.916. The molecule has 0 spiro atoms. The lowest BCUT2D eigenvalue weighted by molar-refractivity contribution is 1.28. The molecule has 0 fully saturated rings. The monoisotopic (exact) mass is 240 g/mol. The molecule has 0 unspecified atom stereocenters. The summed E-state index contributed by atoms with van der Waals surface area (Å²) in [6, 6.07) is 3.86. The summed E-state index contributed by atoms with van der Waals surface area (Å²) in [6.07, 6.45) is 3.55. The molecule has 4 heteroatoms. The Morgan fingerprint density at radius 1 is 1.25 bits per heavy atom. The van der Waals surface area contributed by atoms with Crippen molar-refractivity contribution in [2.45, 2.75) is 0 Å². The first-order valence-corrected chi connectivity index (χ1v) is 5.05. The topological polar surface area (TPSA) is 25.8 Å². The molecule has 2 aromatic heterocycles. The number of aromatic nitrogens is 2. The molecule has 0 radical (unpaired) electrons. The van der Waals surface area contributed by atoms with Gasteiger partial charge in [-0.15, -0.1) is 11.3 Å². The zero-order valence-corrected chi connectivity index (χ0v) is 8.47. The normalized spacial score (nSPS) is 10.1. The predicted octanol–water partition coefficient (Wildman–Crippen LogP) is 2.97. The summed E-state index contributed by atoms with van der Waals surface area (Å²) in [5.74, 6) is 0. The van der Waals surface area contributed by atoms with Crippen LogP contribution in [0, 0.1) is 0 Å². The number of halogens is 1. The van der Waals surface area contributed by atoms with E-state index in [9.17, 15) is 0 Å². The lowest BCUT2D eigenvalue weighted by Gasteiger charge is -1.94. The molecule has 2 aromatic rings. The second-order valence-corrected chi connectivity index (χ2v) is 4.01. The van der Waals surface area contributed by atoms with Crippen molar-refractivity contribution >= 4 is 27.3 Å². The van der Waals surface area contributed by atoms with Gasteiger partial charge in [0, 0.05) is 22.2 Å². The van der Waals surface area contributed by atoms with Gasteiger partial charge in [-0.1, -0.05) is 15.9 Å². The molecule has 0 aromatic carbocycles. The molecule has 60 valence electrons. The van der Waals surface area contributed by atoms with Crippen molar-refractivity contribution in [2.75, 3.05) is 0 Å². The number of hydrogen-bond acceptors (Lipinski definition) is 3. The van der Waals surface area contributed by atoms with Crippen molar-refractivity contribution in [3.63, 3.8) is 0 Å². The van der Waals surface area contributed by atoms with Crippen LogP contribution in [0.5, 0.6) is 0 Å². The molecule has 0 aliphatic rings. The van der Waals surface area contributed by atoms with Gasteiger partial charge in [0.05, 0.1) is 5.69 Å². The van der Waals surface area contributed by atoms with Gasteiger partial charge in [-0.2, -0.15) is 0 Å². The molecule has 0 saturated carbocycles. The Bertz CT molecular complexity index is 372. The standard InChI is InChI=1S/C8H5BrN2S/c9-6-1-2-10-7(5-6)8-11-3-4-12-8/h1-5H. The highest BCUT2D eigenvalue weighted by Gasteiger charge is 2.00. The van der Waals surface area contributed by atoms with Gasteiger partial charge in [-0.3, -0.25) is 4.98 Å². The average molecular weight is 241 g/mol. The SMILES string of the molecule is Brc1ccnc(-c2nccs2)c1. The minimum Gasteiger partial charge on any atom is -0.254 e. The molecule has 2 nitrogen and oxygen atoms in total. The van der Waals surface area contributed by atoms with E-state index in [-0.39, 0.29) is 0 Å². The predicted molar refractivity (Wildman–Crippen MR) is 53.0 cm³/mol. The molecule has 0 amide bonds. The minimum absolute atomic E-state index is 0.916. The van der Waals surface area contributed by atoms with Crippen molar-refractivity contribution in [1.29, 1.82) is 0 Å². The third-order valence-electron chi connectivity index (χ3n) is 1.37. The Kier molecular flexibility index (Phi) is 2.19. The van der Waals surface area contributed by atoms with Crippen LogP contribution < -0.4 is 0 Å². The van der Waals surface area contributed by atoms with Gasteiger partial charge in [0.1, 0.15) is 5.01 Å². The Morgan fingerprint density at radius 3 is 2.83 bits per heavy atom. The van der Waals surface area contributed by atoms with Crippen LogP contribution in [-0.4, -0.2) is 9.97 Å². The van der Waals surface area contributed by atoms with Crippen molar-refractivity contribution in [1.82, 2.24) is 9.97 Å². The highest BCUT2D eigenvalue weighted by Crippen LogP contribution is 2.21. The maximum absolute atomic E-state index is 4.20. The fourth-order valence-corrected chi connectivity index (χ4v) is 1.81. The quantitative estimate of drug-likeness (QED) is 0.767. The zero-order valence-electron chi connectivity index (χ0n) is 6.07. The van der Waals surface area contributed by atoms with E-state index in [4.69, 9.17) is 0 Å². The summed E-state index contributed by atoms with van der Waals surface area (Å²) in [4.78, 5) is 8.36. The Morgan fingerprint density at radius 2 is 2.17 bits per heavy atom. The smallest absolute Gasteiger partial charge is 0.141 e. The largest absolute Gasteiger partial charge is 0.254 e. The van der Waals surface area contributed by atoms with E-state index < -0.39 is 0 Å². The number of nitrogens with zero attached hydrogens (tertiary/aromatic N) is 2. The van der Waals surface area contributed by atoms with Crippen LogP contribution in [0.3, 0.4) is 0 Å². The van der Waals surface area contributed by atoms with Crippen LogP contribution in [0.1, 0.15) is 0 Å². The highest BCUT2D eigenvalue weighted by molar-refractivity contribution is 9.10. The third kappa shape index (κ3) is 1.54. The van der Waals surface area contributed by atoms with Crippen LogP contribution >= 0.6 is 27.3 Å². The lowest BCUT2D eigenvalue weighted by atomic mass is 10.4. The molecule has 0 saturated heterocycles. The molecular formula is C8H5BrN2S. The van der Waals surface area contributed by atoms with Crippen LogP contribution in [0.4, 0.5) is 0 Å². The highest BCUT2D eigenvalue weighted by atomic mass is 79.9. The van der Waals surface area contributed by atoms with E-state index in [0.29, 0.717) is 0 Å². The Balaban J connectivity index is 2.48. The maximum Gasteiger partial charge on any atom is 0.141 e. The molecule has 0 aliphatic heterocycles. The van der Waals surface area contributed by atoms with E-state index >= 15 is 0 Å². The first-order chi connectivity index (χ1) is 5.86. The van der Waals surface area contributed by atoms with Crippen LogP contribution in [0.2, 0.25) is 0 Å². The van der Waals surface area contributed by atoms with Crippen molar-refractivity contribution < 1.29 is 0 Å². The van der Waals surface area contributed by atoms with Crippen LogP contribution in [0.15, 0.2) is 34.4 Å². The molecule has 0 aliphatic carbocycles. The van der Waals surface area contributed by atoms with Gasteiger partial charge < -0.3 is 0 Å². The van der Waals surface area contributed by atoms with E-state index in [1.807, 2.05) is 17.5 Å². The second-order valence-electron chi connectivity index (χ2n) is 2.20. The third-order valence-corrected chi connectivity index (χ3v) is 2.66. The molecule has 0 bridgehead atoms. The number of rotatable bonds is 1. The van der Waals surface area contributed by atoms with E-state index in [1.54, 1.807) is 23.7 Å². The van der Waals surface area contributed by atoms with Crippen molar-refractivity contribution in [3.05, 3.63) is 34.4 Å². The first-order valence-electron chi connectivity index (χ1n) is 3.38. The summed E-state index contributed by atoms with van der Waals surface area (Å²) in [6.45, 7) is 0. The van der Waals surface area contributed by atoms with Gasteiger partial charge in [-0.25, -0.2) is 4.98 Å². The summed E-state index contributed by atoms with van der Waals surface area (Å²) < 4.78 is 1.03. The van der Waals surface area contributed by atoms with Gasteiger partial charge in [0.2, 0.25) is 0 Å². The summed E-state index contributed by atoms with van der Waals surface area (Å²) in [7, 11) is 0. The average Bonchev–Trinajstić information content (AvgIpc) is 2.56. The zero-order chi connectivity index (χ0) is 8.39. The number of hydrogen-bond donors (Lipinski definition) is 0. The molecule has 12 heavy (non-hydrogen) atoms. The second kappa shape index (κ2) is 3.33. The Hall–Kier alpha value is -0.740. The summed E-state index contributed by atoms with van der Waals surface area (Å²) in [5, 5.41) is 2.90. The molecule has 2 rings (SSSR count). The summed E-state index contributed by atoms with van der Waals surface area (Å²) >= 11 is 4.97. The first kappa shape index (κ1) is 7.89. The van der Waals surface area contributed by atoms with E-state index in [0.717, 1.165) is 15.2 Å². The van der Waals surface area contributed by atoms with Gasteiger partial charge in [0.25, 0.3) is 0 Å². The van der Waals surface area contributed by atoms with Crippen molar-refractivity contribution in [2.24, 2.45) is 0 Å². The number of thiazole rings is 1. The number of pyridine rings is 1. The van der Waals surface area contributed by atoms with Gasteiger partial charge in [-0.05, 0) is 12.1 Å².